The molecule has 0 bridgehead atoms. The second-order valence-electron chi connectivity index (χ2n) is 5.20. The van der Waals surface area contributed by atoms with Gasteiger partial charge in [-0.2, -0.15) is 48.3 Å². The number of carbonyl (C=O) groups is 1. The van der Waals surface area contributed by atoms with Crippen LogP contribution in [0.25, 0.3) is 0 Å². The summed E-state index contributed by atoms with van der Waals surface area (Å²) in [5, 5.41) is 0.953. The molecule has 0 saturated heterocycles. The minimum absolute atomic E-state index is 0.244. The summed E-state index contributed by atoms with van der Waals surface area (Å²) in [6.07, 6.45) is -21.1. The summed E-state index contributed by atoms with van der Waals surface area (Å²) < 4.78 is 155. The largest absolute Gasteiger partial charge is 0.462 e. The molecular weight excluding hydrogens is 430 g/mol. The van der Waals surface area contributed by atoms with Crippen molar-refractivity contribution >= 4 is 11.6 Å². The van der Waals surface area contributed by atoms with Gasteiger partial charge in [0, 0.05) is 5.69 Å². The lowest BCUT2D eigenvalue weighted by Gasteiger charge is -2.34. The molecule has 0 radical (unpaired) electrons. The Hall–Kier alpha value is -2.19. The van der Waals surface area contributed by atoms with Crippen molar-refractivity contribution in [2.45, 2.75) is 37.2 Å². The zero-order valence-corrected chi connectivity index (χ0v) is 13.1. The maximum Gasteiger partial charge on any atom is 0.462 e. The van der Waals surface area contributed by atoms with E-state index in [0.717, 1.165) is 24.4 Å². The fraction of sp³-hybridized carbons (Fsp3) is 0.462. The Morgan fingerprint density at radius 3 is 1.82 bits per heavy atom. The summed E-state index contributed by atoms with van der Waals surface area (Å²) in [6.45, 7) is 1.02. The fourth-order valence-electron chi connectivity index (χ4n) is 1.57. The number of amides is 1. The molecule has 0 aliphatic rings. The zero-order valence-electron chi connectivity index (χ0n) is 13.1. The molecule has 1 aromatic rings. The average Bonchev–Trinajstić information content (AvgIpc) is 2.47. The highest BCUT2D eigenvalue weighted by Gasteiger charge is 2.79. The molecule has 28 heavy (non-hydrogen) atoms. The number of aryl methyl sites for hydroxylation is 1. The standard InChI is InChI=1S/C13H7F12NO2/c1-5-2-3-6(14)4-7(5)26-8(27)9(15,11(18,19)20)28-13(24,25)10(16,17)12(21,22)23/h2-4H,1H3,(H,26,27)/t9-/m0/s1. The summed E-state index contributed by atoms with van der Waals surface area (Å²) in [5.41, 5.74) is -1.17. The number of anilines is 1. The van der Waals surface area contributed by atoms with E-state index in [1.807, 2.05) is 0 Å². The number of hydrogen-bond acceptors (Lipinski definition) is 2. The van der Waals surface area contributed by atoms with Gasteiger partial charge < -0.3 is 5.32 Å². The molecule has 3 nitrogen and oxygen atoms in total. The van der Waals surface area contributed by atoms with Crippen molar-refractivity contribution in [1.82, 2.24) is 0 Å². The van der Waals surface area contributed by atoms with Crippen LogP contribution in [0.15, 0.2) is 18.2 Å². The topological polar surface area (TPSA) is 38.3 Å². The van der Waals surface area contributed by atoms with Crippen molar-refractivity contribution in [1.29, 1.82) is 0 Å². The molecule has 160 valence electrons. The Kier molecular flexibility index (Phi) is 5.97. The van der Waals surface area contributed by atoms with Gasteiger partial charge >= 0.3 is 30.2 Å². The summed E-state index contributed by atoms with van der Waals surface area (Å²) in [7, 11) is 0. The van der Waals surface area contributed by atoms with Crippen molar-refractivity contribution in [3.63, 3.8) is 0 Å². The second-order valence-corrected chi connectivity index (χ2v) is 5.20. The Morgan fingerprint density at radius 2 is 1.39 bits per heavy atom. The van der Waals surface area contributed by atoms with E-state index in [1.165, 1.54) is 0 Å². The fourth-order valence-corrected chi connectivity index (χ4v) is 1.57. The lowest BCUT2D eigenvalue weighted by molar-refractivity contribution is -0.472. The smallest absolute Gasteiger partial charge is 0.320 e. The minimum Gasteiger partial charge on any atom is -0.320 e. The van der Waals surface area contributed by atoms with E-state index in [2.05, 4.69) is 4.74 Å². The molecule has 0 fully saturated rings. The number of nitrogens with one attached hydrogen (secondary N) is 1. The van der Waals surface area contributed by atoms with Gasteiger partial charge in [-0.3, -0.25) is 9.53 Å². The molecule has 1 amide bonds. The third-order valence-corrected chi connectivity index (χ3v) is 3.09. The Labute approximate surface area is 147 Å². The van der Waals surface area contributed by atoms with Crippen LogP contribution in [-0.4, -0.2) is 36.1 Å². The van der Waals surface area contributed by atoms with E-state index in [4.69, 9.17) is 0 Å². The van der Waals surface area contributed by atoms with Crippen LogP contribution in [-0.2, 0) is 9.53 Å². The number of ether oxygens (including phenoxy) is 1. The molecule has 1 aromatic carbocycles. The van der Waals surface area contributed by atoms with Crippen molar-refractivity contribution < 1.29 is 62.2 Å². The van der Waals surface area contributed by atoms with Gasteiger partial charge in [0.2, 0.25) is 0 Å². The van der Waals surface area contributed by atoms with Crippen molar-refractivity contribution in [2.75, 3.05) is 5.32 Å². The SMILES string of the molecule is Cc1ccc(F)cc1NC(=O)[C@](F)(OC(F)(F)C(F)(F)C(F)(F)F)C(F)(F)F. The predicted molar refractivity (Wildman–Crippen MR) is 66.7 cm³/mol. The number of halogens is 12. The van der Waals surface area contributed by atoms with Crippen LogP contribution in [0.5, 0.6) is 0 Å². The maximum atomic E-state index is 14.0. The third-order valence-electron chi connectivity index (χ3n) is 3.09. The average molecular weight is 437 g/mol. The number of alkyl halides is 11. The minimum atomic E-state index is -7.29. The predicted octanol–water partition coefficient (Wildman–Crippen LogP) is 5.11. The summed E-state index contributed by atoms with van der Waals surface area (Å²) in [4.78, 5) is 11.5. The van der Waals surface area contributed by atoms with Crippen molar-refractivity contribution in [2.24, 2.45) is 0 Å². The normalized spacial score (nSPS) is 15.9. The van der Waals surface area contributed by atoms with Gasteiger partial charge in [-0.25, -0.2) is 4.39 Å². The molecule has 15 heteroatoms. The van der Waals surface area contributed by atoms with Gasteiger partial charge in [-0.15, -0.1) is 0 Å². The Bertz CT molecular complexity index is 742. The highest BCUT2D eigenvalue weighted by atomic mass is 19.4. The molecule has 0 saturated carbocycles. The zero-order chi connectivity index (χ0) is 22.3. The molecule has 0 unspecified atom stereocenters. The molecule has 0 aliphatic carbocycles. The first kappa shape index (κ1) is 23.8. The monoisotopic (exact) mass is 437 g/mol. The van der Waals surface area contributed by atoms with Gasteiger partial charge in [0.25, 0.3) is 5.91 Å². The molecular formula is C13H7F12NO2. The number of hydrogen-bond donors (Lipinski definition) is 1. The molecule has 1 N–H and O–H groups in total. The second kappa shape index (κ2) is 7.00. The summed E-state index contributed by atoms with van der Waals surface area (Å²) in [6, 6.07) is 1.87. The van der Waals surface area contributed by atoms with Gasteiger partial charge in [-0.1, -0.05) is 6.07 Å². The molecule has 0 heterocycles. The molecule has 1 rings (SSSR count). The van der Waals surface area contributed by atoms with Gasteiger partial charge in [0.15, 0.2) is 0 Å². The first-order valence-corrected chi connectivity index (χ1v) is 6.62. The molecule has 0 spiro atoms. The summed E-state index contributed by atoms with van der Waals surface area (Å²) >= 11 is 0. The number of rotatable bonds is 5. The molecule has 1 atom stereocenters. The lowest BCUT2D eigenvalue weighted by atomic mass is 10.1. The van der Waals surface area contributed by atoms with E-state index in [0.29, 0.717) is 6.07 Å². The van der Waals surface area contributed by atoms with E-state index < -0.39 is 47.7 Å². The molecule has 0 aromatic heterocycles. The Balaban J connectivity index is 3.36. The van der Waals surface area contributed by atoms with Crippen LogP contribution < -0.4 is 5.32 Å². The third kappa shape index (κ3) is 4.28. The van der Waals surface area contributed by atoms with Crippen LogP contribution in [0, 0.1) is 12.7 Å². The van der Waals surface area contributed by atoms with Crippen LogP contribution in [0.1, 0.15) is 5.56 Å². The number of benzene rings is 1. The first-order valence-electron chi connectivity index (χ1n) is 6.62. The van der Waals surface area contributed by atoms with Crippen molar-refractivity contribution in [3.05, 3.63) is 29.6 Å². The summed E-state index contributed by atoms with van der Waals surface area (Å²) in [5.74, 6) is -18.1. The lowest BCUT2D eigenvalue weighted by Crippen LogP contribution is -2.62. The first-order chi connectivity index (χ1) is 12.3. The highest BCUT2D eigenvalue weighted by Crippen LogP contribution is 2.51. The van der Waals surface area contributed by atoms with Gasteiger partial charge in [-0.05, 0) is 24.6 Å². The van der Waals surface area contributed by atoms with Crippen molar-refractivity contribution in [3.8, 4) is 0 Å². The van der Waals surface area contributed by atoms with E-state index >= 15 is 0 Å². The van der Waals surface area contributed by atoms with Gasteiger partial charge in [0.1, 0.15) is 5.82 Å². The molecule has 0 aliphatic heterocycles. The quantitative estimate of drug-likeness (QED) is 0.651. The Morgan fingerprint density at radius 1 is 0.893 bits per heavy atom. The van der Waals surface area contributed by atoms with Gasteiger partial charge in [0.05, 0.1) is 0 Å². The van der Waals surface area contributed by atoms with Crippen LogP contribution >= 0.6 is 0 Å². The number of carbonyl (C=O) groups excluding carboxylic acids is 1. The maximum absolute atomic E-state index is 14.0. The highest BCUT2D eigenvalue weighted by molar-refractivity contribution is 5.97. The van der Waals surface area contributed by atoms with Crippen LogP contribution in [0.3, 0.4) is 0 Å². The van der Waals surface area contributed by atoms with E-state index in [-0.39, 0.29) is 5.56 Å². The van der Waals surface area contributed by atoms with Crippen LogP contribution in [0.2, 0.25) is 0 Å². The van der Waals surface area contributed by atoms with E-state index in [1.54, 1.807) is 0 Å². The van der Waals surface area contributed by atoms with Crippen LogP contribution in [0.4, 0.5) is 58.4 Å². The van der Waals surface area contributed by atoms with E-state index in [9.17, 15) is 57.5 Å².